The van der Waals surface area contributed by atoms with E-state index >= 15 is 0 Å². The van der Waals surface area contributed by atoms with Gasteiger partial charge in [0.15, 0.2) is 0 Å². The molecule has 0 aliphatic carbocycles. The van der Waals surface area contributed by atoms with Gasteiger partial charge in [0.25, 0.3) is 5.91 Å². The summed E-state index contributed by atoms with van der Waals surface area (Å²) in [6.07, 6.45) is 0.649. The third-order valence-electron chi connectivity index (χ3n) is 3.09. The topological polar surface area (TPSA) is 64.3 Å². The summed E-state index contributed by atoms with van der Waals surface area (Å²) in [6.45, 7) is 0.491. The molecule has 0 aliphatic rings. The normalized spacial score (nSPS) is 10.2. The van der Waals surface area contributed by atoms with Crippen LogP contribution in [0.4, 0.5) is 5.69 Å². The molecular formula is C16H17ClN2O2. The zero-order valence-corrected chi connectivity index (χ0v) is 12.5. The fourth-order valence-corrected chi connectivity index (χ4v) is 2.25. The SMILES string of the molecule is COc1ccc(Cl)cc1NC(=O)c1ccccc1CCN. The molecule has 2 aromatic carbocycles. The third-order valence-corrected chi connectivity index (χ3v) is 3.32. The lowest BCUT2D eigenvalue weighted by molar-refractivity contribution is 0.102. The molecule has 0 heterocycles. The number of amides is 1. The van der Waals surface area contributed by atoms with E-state index in [4.69, 9.17) is 22.1 Å². The van der Waals surface area contributed by atoms with Crippen molar-refractivity contribution in [1.29, 1.82) is 0 Å². The fraction of sp³-hybridized carbons (Fsp3) is 0.188. The number of ether oxygens (including phenoxy) is 1. The molecule has 1 amide bonds. The van der Waals surface area contributed by atoms with E-state index in [0.717, 1.165) is 5.56 Å². The van der Waals surface area contributed by atoms with E-state index in [0.29, 0.717) is 35.0 Å². The minimum absolute atomic E-state index is 0.209. The van der Waals surface area contributed by atoms with E-state index in [-0.39, 0.29) is 5.91 Å². The van der Waals surface area contributed by atoms with E-state index in [9.17, 15) is 4.79 Å². The highest BCUT2D eigenvalue weighted by Crippen LogP contribution is 2.28. The molecule has 0 saturated heterocycles. The number of anilines is 1. The molecule has 2 rings (SSSR count). The monoisotopic (exact) mass is 304 g/mol. The summed E-state index contributed by atoms with van der Waals surface area (Å²) < 4.78 is 5.22. The van der Waals surface area contributed by atoms with Gasteiger partial charge in [-0.25, -0.2) is 0 Å². The average Bonchev–Trinajstić information content (AvgIpc) is 2.48. The molecule has 5 heteroatoms. The zero-order valence-electron chi connectivity index (χ0n) is 11.7. The predicted octanol–water partition coefficient (Wildman–Crippen LogP) is 3.10. The highest BCUT2D eigenvalue weighted by atomic mass is 35.5. The molecule has 0 radical (unpaired) electrons. The Hall–Kier alpha value is -2.04. The quantitative estimate of drug-likeness (QED) is 0.892. The molecule has 0 atom stereocenters. The van der Waals surface area contributed by atoms with Gasteiger partial charge in [0.05, 0.1) is 12.8 Å². The molecule has 0 bridgehead atoms. The summed E-state index contributed by atoms with van der Waals surface area (Å²) >= 11 is 5.96. The maximum atomic E-state index is 12.4. The Bertz CT molecular complexity index is 644. The predicted molar refractivity (Wildman–Crippen MR) is 85.2 cm³/mol. The van der Waals surface area contributed by atoms with Crippen molar-refractivity contribution < 1.29 is 9.53 Å². The molecule has 0 aromatic heterocycles. The Morgan fingerprint density at radius 2 is 2.05 bits per heavy atom. The number of carbonyl (C=O) groups excluding carboxylic acids is 1. The second-order valence-corrected chi connectivity index (χ2v) is 4.93. The second-order valence-electron chi connectivity index (χ2n) is 4.49. The number of rotatable bonds is 5. The third kappa shape index (κ3) is 3.74. The van der Waals surface area contributed by atoms with Crippen LogP contribution in [0.3, 0.4) is 0 Å². The Morgan fingerprint density at radius 1 is 1.29 bits per heavy atom. The van der Waals surface area contributed by atoms with E-state index in [1.54, 1.807) is 31.4 Å². The first-order valence-corrected chi connectivity index (χ1v) is 6.96. The van der Waals surface area contributed by atoms with Crippen molar-refractivity contribution in [1.82, 2.24) is 0 Å². The van der Waals surface area contributed by atoms with Crippen LogP contribution in [-0.2, 0) is 6.42 Å². The highest BCUT2D eigenvalue weighted by Gasteiger charge is 2.13. The van der Waals surface area contributed by atoms with Gasteiger partial charge in [-0.05, 0) is 42.8 Å². The summed E-state index contributed by atoms with van der Waals surface area (Å²) in [5.41, 5.74) is 7.64. The molecule has 4 nitrogen and oxygen atoms in total. The number of hydrogen-bond donors (Lipinski definition) is 2. The summed E-state index contributed by atoms with van der Waals surface area (Å²) in [6, 6.07) is 12.5. The van der Waals surface area contributed by atoms with E-state index in [2.05, 4.69) is 5.32 Å². The molecule has 3 N–H and O–H groups in total. The van der Waals surface area contributed by atoms with Crippen LogP contribution in [0.2, 0.25) is 5.02 Å². The first-order valence-electron chi connectivity index (χ1n) is 6.58. The zero-order chi connectivity index (χ0) is 15.2. The van der Waals surface area contributed by atoms with Gasteiger partial charge in [0.2, 0.25) is 0 Å². The number of nitrogens with two attached hydrogens (primary N) is 1. The summed E-state index contributed by atoms with van der Waals surface area (Å²) in [7, 11) is 1.54. The Balaban J connectivity index is 2.28. The van der Waals surface area contributed by atoms with Crippen molar-refractivity contribution in [3.63, 3.8) is 0 Å². The largest absolute Gasteiger partial charge is 0.495 e. The Labute approximate surface area is 128 Å². The second kappa shape index (κ2) is 7.11. The maximum Gasteiger partial charge on any atom is 0.256 e. The number of nitrogens with one attached hydrogen (secondary N) is 1. The minimum atomic E-state index is -0.209. The van der Waals surface area contributed by atoms with Gasteiger partial charge in [-0.2, -0.15) is 0 Å². The summed E-state index contributed by atoms with van der Waals surface area (Å²) in [4.78, 5) is 12.4. The number of methoxy groups -OCH3 is 1. The van der Waals surface area contributed by atoms with Gasteiger partial charge in [-0.3, -0.25) is 4.79 Å². The minimum Gasteiger partial charge on any atom is -0.495 e. The standard InChI is InChI=1S/C16H17ClN2O2/c1-21-15-7-6-12(17)10-14(15)19-16(20)13-5-3-2-4-11(13)8-9-18/h2-7,10H,8-9,18H2,1H3,(H,19,20). The number of halogens is 1. The lowest BCUT2D eigenvalue weighted by Crippen LogP contribution is -2.16. The van der Waals surface area contributed by atoms with Crippen molar-refractivity contribution in [2.24, 2.45) is 5.73 Å². The molecule has 21 heavy (non-hydrogen) atoms. The molecule has 0 fully saturated rings. The molecule has 0 saturated carbocycles. The number of carbonyl (C=O) groups is 1. The van der Waals surface area contributed by atoms with Crippen molar-refractivity contribution in [2.75, 3.05) is 19.0 Å². The van der Waals surface area contributed by atoms with Crippen LogP contribution in [0, 0.1) is 0 Å². The van der Waals surface area contributed by atoms with Crippen molar-refractivity contribution in [2.45, 2.75) is 6.42 Å². The van der Waals surface area contributed by atoms with Crippen molar-refractivity contribution in [3.05, 3.63) is 58.6 Å². The van der Waals surface area contributed by atoms with Crippen LogP contribution >= 0.6 is 11.6 Å². The van der Waals surface area contributed by atoms with Gasteiger partial charge >= 0.3 is 0 Å². The van der Waals surface area contributed by atoms with Crippen molar-refractivity contribution in [3.8, 4) is 5.75 Å². The van der Waals surface area contributed by atoms with Crippen LogP contribution in [0.25, 0.3) is 0 Å². The van der Waals surface area contributed by atoms with Gasteiger partial charge < -0.3 is 15.8 Å². The molecular weight excluding hydrogens is 288 g/mol. The van der Waals surface area contributed by atoms with Crippen molar-refractivity contribution >= 4 is 23.2 Å². The lowest BCUT2D eigenvalue weighted by atomic mass is 10.0. The van der Waals surface area contributed by atoms with Crippen LogP contribution < -0.4 is 15.8 Å². The van der Waals surface area contributed by atoms with Gasteiger partial charge in [0, 0.05) is 10.6 Å². The molecule has 2 aromatic rings. The maximum absolute atomic E-state index is 12.4. The fourth-order valence-electron chi connectivity index (χ4n) is 2.08. The molecule has 110 valence electrons. The Morgan fingerprint density at radius 3 is 2.76 bits per heavy atom. The van der Waals surface area contributed by atoms with E-state index in [1.165, 1.54) is 0 Å². The molecule has 0 unspecified atom stereocenters. The van der Waals surface area contributed by atoms with Gasteiger partial charge in [-0.1, -0.05) is 29.8 Å². The Kier molecular flexibility index (Phi) is 5.20. The molecule has 0 spiro atoms. The lowest BCUT2D eigenvalue weighted by Gasteiger charge is -2.12. The summed E-state index contributed by atoms with van der Waals surface area (Å²) in [5.74, 6) is 0.351. The van der Waals surface area contributed by atoms with Crippen LogP contribution in [-0.4, -0.2) is 19.6 Å². The van der Waals surface area contributed by atoms with E-state index < -0.39 is 0 Å². The first-order chi connectivity index (χ1) is 10.2. The summed E-state index contributed by atoms with van der Waals surface area (Å²) in [5, 5.41) is 3.36. The first kappa shape index (κ1) is 15.4. The van der Waals surface area contributed by atoms with Crippen LogP contribution in [0.1, 0.15) is 15.9 Å². The smallest absolute Gasteiger partial charge is 0.256 e. The van der Waals surface area contributed by atoms with Gasteiger partial charge in [-0.15, -0.1) is 0 Å². The van der Waals surface area contributed by atoms with Gasteiger partial charge in [0.1, 0.15) is 5.75 Å². The van der Waals surface area contributed by atoms with Crippen LogP contribution in [0.5, 0.6) is 5.75 Å². The number of hydrogen-bond acceptors (Lipinski definition) is 3. The molecule has 0 aliphatic heterocycles. The van der Waals surface area contributed by atoms with E-state index in [1.807, 2.05) is 18.2 Å². The van der Waals surface area contributed by atoms with Crippen LogP contribution in [0.15, 0.2) is 42.5 Å². The highest BCUT2D eigenvalue weighted by molar-refractivity contribution is 6.31. The average molecular weight is 305 g/mol. The number of benzene rings is 2.